The molecule has 4 aromatic rings. The van der Waals surface area contributed by atoms with Gasteiger partial charge < -0.3 is 14.8 Å². The lowest BCUT2D eigenvalue weighted by molar-refractivity contribution is 0.101. The SMILES string of the molecule is O=C1/C(=C/c2c(-c3ccccc3)[nH]c3ccccc23)Oc2cc(O)ccc21. The largest absolute Gasteiger partial charge is 0.508 e. The highest BCUT2D eigenvalue weighted by Gasteiger charge is 2.28. The summed E-state index contributed by atoms with van der Waals surface area (Å²) in [6, 6.07) is 22.5. The van der Waals surface area contributed by atoms with Crippen LogP contribution in [0, 0.1) is 0 Å². The minimum atomic E-state index is -0.186. The number of hydrogen-bond acceptors (Lipinski definition) is 3. The molecule has 1 aromatic heterocycles. The number of H-pyrrole nitrogens is 1. The van der Waals surface area contributed by atoms with Crippen molar-refractivity contribution in [1.82, 2.24) is 4.98 Å². The molecule has 2 heterocycles. The van der Waals surface area contributed by atoms with E-state index < -0.39 is 0 Å². The maximum absolute atomic E-state index is 12.7. The molecular weight excluding hydrogens is 338 g/mol. The Hall–Kier alpha value is -3.79. The molecule has 5 rings (SSSR count). The van der Waals surface area contributed by atoms with Crippen LogP contribution in [-0.4, -0.2) is 15.9 Å². The minimum Gasteiger partial charge on any atom is -0.508 e. The summed E-state index contributed by atoms with van der Waals surface area (Å²) in [5.41, 5.74) is 4.31. The third-order valence-electron chi connectivity index (χ3n) is 4.74. The second-order valence-electron chi connectivity index (χ2n) is 6.45. The summed E-state index contributed by atoms with van der Waals surface area (Å²) in [7, 11) is 0. The summed E-state index contributed by atoms with van der Waals surface area (Å²) in [5.74, 6) is 0.513. The average molecular weight is 353 g/mol. The van der Waals surface area contributed by atoms with E-state index in [1.165, 1.54) is 12.1 Å². The zero-order chi connectivity index (χ0) is 18.4. The van der Waals surface area contributed by atoms with E-state index in [-0.39, 0.29) is 17.3 Å². The number of aromatic amines is 1. The number of ether oxygens (including phenoxy) is 1. The Morgan fingerprint density at radius 3 is 2.56 bits per heavy atom. The molecule has 27 heavy (non-hydrogen) atoms. The first-order valence-electron chi connectivity index (χ1n) is 8.64. The average Bonchev–Trinajstić information content (AvgIpc) is 3.21. The molecule has 1 aliphatic rings. The van der Waals surface area contributed by atoms with Gasteiger partial charge in [-0.2, -0.15) is 0 Å². The number of phenolic OH excluding ortho intramolecular Hbond substituents is 1. The van der Waals surface area contributed by atoms with E-state index in [1.54, 1.807) is 12.1 Å². The van der Waals surface area contributed by atoms with Crippen molar-refractivity contribution in [3.8, 4) is 22.8 Å². The van der Waals surface area contributed by atoms with E-state index >= 15 is 0 Å². The van der Waals surface area contributed by atoms with Gasteiger partial charge in [0, 0.05) is 22.5 Å². The summed E-state index contributed by atoms with van der Waals surface area (Å²) < 4.78 is 5.75. The number of para-hydroxylation sites is 1. The summed E-state index contributed by atoms with van der Waals surface area (Å²) in [5, 5.41) is 10.7. The maximum Gasteiger partial charge on any atom is 0.231 e. The molecule has 0 radical (unpaired) electrons. The standard InChI is InChI=1S/C23H15NO3/c25-15-10-11-17-20(12-15)27-21(23(17)26)13-18-16-8-4-5-9-19(16)24-22(18)14-6-2-1-3-7-14/h1-13,24-25H/b21-13-. The van der Waals surface area contributed by atoms with Crippen molar-refractivity contribution in [2.45, 2.75) is 0 Å². The fourth-order valence-electron chi connectivity index (χ4n) is 3.45. The quantitative estimate of drug-likeness (QED) is 0.490. The van der Waals surface area contributed by atoms with Gasteiger partial charge in [-0.3, -0.25) is 4.79 Å². The Morgan fingerprint density at radius 2 is 1.70 bits per heavy atom. The molecule has 0 aliphatic carbocycles. The predicted octanol–water partition coefficient (Wildman–Crippen LogP) is 5.16. The number of hydrogen-bond donors (Lipinski definition) is 2. The fourth-order valence-corrected chi connectivity index (χ4v) is 3.45. The normalized spacial score (nSPS) is 14.5. The van der Waals surface area contributed by atoms with Crippen molar-refractivity contribution in [2.24, 2.45) is 0 Å². The Balaban J connectivity index is 1.70. The molecule has 0 saturated carbocycles. The second-order valence-corrected chi connectivity index (χ2v) is 6.45. The zero-order valence-electron chi connectivity index (χ0n) is 14.3. The fraction of sp³-hybridized carbons (Fsp3) is 0. The van der Waals surface area contributed by atoms with Crippen LogP contribution in [0.5, 0.6) is 11.5 Å². The topological polar surface area (TPSA) is 62.3 Å². The molecule has 0 atom stereocenters. The van der Waals surface area contributed by atoms with Crippen LogP contribution in [0.3, 0.4) is 0 Å². The van der Waals surface area contributed by atoms with Crippen LogP contribution in [-0.2, 0) is 0 Å². The number of fused-ring (bicyclic) bond motifs is 2. The number of rotatable bonds is 2. The number of aromatic nitrogens is 1. The van der Waals surface area contributed by atoms with Crippen LogP contribution in [0.4, 0.5) is 0 Å². The first kappa shape index (κ1) is 15.5. The van der Waals surface area contributed by atoms with Crippen LogP contribution >= 0.6 is 0 Å². The summed E-state index contributed by atoms with van der Waals surface area (Å²) in [4.78, 5) is 16.2. The van der Waals surface area contributed by atoms with Crippen molar-refractivity contribution in [1.29, 1.82) is 0 Å². The number of allylic oxidation sites excluding steroid dienone is 1. The highest BCUT2D eigenvalue weighted by atomic mass is 16.5. The van der Waals surface area contributed by atoms with Gasteiger partial charge in [-0.1, -0.05) is 48.5 Å². The van der Waals surface area contributed by atoms with E-state index in [0.29, 0.717) is 11.3 Å². The molecule has 0 spiro atoms. The van der Waals surface area contributed by atoms with Gasteiger partial charge in [0.05, 0.1) is 11.3 Å². The van der Waals surface area contributed by atoms with Gasteiger partial charge in [0.15, 0.2) is 5.76 Å². The summed E-state index contributed by atoms with van der Waals surface area (Å²) in [6.07, 6.45) is 1.78. The molecule has 4 nitrogen and oxygen atoms in total. The van der Waals surface area contributed by atoms with Gasteiger partial charge in [-0.05, 0) is 29.8 Å². The van der Waals surface area contributed by atoms with Gasteiger partial charge in [0.1, 0.15) is 11.5 Å². The number of carbonyl (C=O) groups is 1. The van der Waals surface area contributed by atoms with Crippen molar-refractivity contribution < 1.29 is 14.6 Å². The predicted molar refractivity (Wildman–Crippen MR) is 105 cm³/mol. The first-order chi connectivity index (χ1) is 13.2. The summed E-state index contributed by atoms with van der Waals surface area (Å²) >= 11 is 0. The second kappa shape index (κ2) is 5.88. The molecule has 3 aromatic carbocycles. The van der Waals surface area contributed by atoms with Gasteiger partial charge in [0.25, 0.3) is 0 Å². The third kappa shape index (κ3) is 2.50. The Labute approximate surface area is 155 Å². The highest BCUT2D eigenvalue weighted by Crippen LogP contribution is 2.37. The van der Waals surface area contributed by atoms with Crippen LogP contribution in [0.2, 0.25) is 0 Å². The number of benzene rings is 3. The van der Waals surface area contributed by atoms with Crippen LogP contribution in [0.25, 0.3) is 28.2 Å². The zero-order valence-corrected chi connectivity index (χ0v) is 14.3. The molecule has 2 N–H and O–H groups in total. The van der Waals surface area contributed by atoms with E-state index in [1.807, 2.05) is 54.6 Å². The number of ketones is 1. The van der Waals surface area contributed by atoms with Crippen molar-refractivity contribution in [3.63, 3.8) is 0 Å². The number of aromatic hydroxyl groups is 1. The monoisotopic (exact) mass is 353 g/mol. The van der Waals surface area contributed by atoms with Crippen molar-refractivity contribution >= 4 is 22.8 Å². The maximum atomic E-state index is 12.7. The number of phenols is 1. The molecule has 4 heteroatoms. The third-order valence-corrected chi connectivity index (χ3v) is 4.74. The number of carbonyl (C=O) groups excluding carboxylic acids is 1. The first-order valence-corrected chi connectivity index (χ1v) is 8.64. The molecule has 0 saturated heterocycles. The molecule has 0 amide bonds. The van der Waals surface area contributed by atoms with Gasteiger partial charge in [-0.25, -0.2) is 0 Å². The Morgan fingerprint density at radius 1 is 0.926 bits per heavy atom. The molecule has 130 valence electrons. The van der Waals surface area contributed by atoms with Crippen molar-refractivity contribution in [2.75, 3.05) is 0 Å². The lowest BCUT2D eigenvalue weighted by atomic mass is 10.0. The van der Waals surface area contributed by atoms with E-state index in [4.69, 9.17) is 4.74 Å². The number of Topliss-reactive ketones (excluding diaryl/α,β-unsaturated/α-hetero) is 1. The molecule has 0 unspecified atom stereocenters. The van der Waals surface area contributed by atoms with Gasteiger partial charge in [-0.15, -0.1) is 0 Å². The molecule has 1 aliphatic heterocycles. The van der Waals surface area contributed by atoms with Crippen LogP contribution in [0.15, 0.2) is 78.6 Å². The molecular formula is C23H15NO3. The molecule has 0 bridgehead atoms. The van der Waals surface area contributed by atoms with Gasteiger partial charge in [0.2, 0.25) is 5.78 Å². The van der Waals surface area contributed by atoms with Crippen LogP contribution in [0.1, 0.15) is 15.9 Å². The lowest BCUT2D eigenvalue weighted by Crippen LogP contribution is -1.98. The molecule has 0 fully saturated rings. The lowest BCUT2D eigenvalue weighted by Gasteiger charge is -2.03. The Bertz CT molecular complexity index is 1220. The Kier molecular flexibility index (Phi) is 3.37. The van der Waals surface area contributed by atoms with E-state index in [2.05, 4.69) is 4.98 Å². The van der Waals surface area contributed by atoms with E-state index in [0.717, 1.165) is 27.7 Å². The number of nitrogens with one attached hydrogen (secondary N) is 1. The smallest absolute Gasteiger partial charge is 0.231 e. The van der Waals surface area contributed by atoms with Crippen LogP contribution < -0.4 is 4.74 Å². The highest BCUT2D eigenvalue weighted by molar-refractivity contribution is 6.15. The summed E-state index contributed by atoms with van der Waals surface area (Å²) in [6.45, 7) is 0. The van der Waals surface area contributed by atoms with Gasteiger partial charge >= 0.3 is 0 Å². The minimum absolute atomic E-state index is 0.0693. The van der Waals surface area contributed by atoms with Crippen molar-refractivity contribution in [3.05, 3.63) is 89.7 Å². The van der Waals surface area contributed by atoms with E-state index in [9.17, 15) is 9.90 Å².